The second kappa shape index (κ2) is 8.15. The average molecular weight is 527 g/mol. The fourth-order valence-electron chi connectivity index (χ4n) is 8.02. The first-order valence-electron chi connectivity index (χ1n) is 14.2. The van der Waals surface area contributed by atoms with Crippen LogP contribution in [0.5, 0.6) is 5.75 Å². The Morgan fingerprint density at radius 2 is 1.89 bits per heavy atom. The molecule has 0 N–H and O–H groups in total. The van der Waals surface area contributed by atoms with E-state index in [4.69, 9.17) is 23.5 Å². The Morgan fingerprint density at radius 1 is 1.08 bits per heavy atom. The molecule has 8 rings (SSSR count). The largest absolute Gasteiger partial charge is 0.461 e. The highest BCUT2D eigenvalue weighted by atomic mass is 32.2. The Labute approximate surface area is 225 Å². The van der Waals surface area contributed by atoms with E-state index in [2.05, 4.69) is 39.8 Å². The quantitative estimate of drug-likeness (QED) is 0.257. The monoisotopic (exact) mass is 526 g/mol. The molecule has 0 aromatic heterocycles. The van der Waals surface area contributed by atoms with E-state index in [9.17, 15) is 4.79 Å². The summed E-state index contributed by atoms with van der Waals surface area (Å²) in [7, 11) is -0.192. The average Bonchev–Trinajstić information content (AvgIpc) is 3.23. The van der Waals surface area contributed by atoms with Crippen LogP contribution in [0.3, 0.4) is 0 Å². The van der Waals surface area contributed by atoms with Crippen LogP contribution in [-0.2, 0) is 18.8 Å². The van der Waals surface area contributed by atoms with Crippen molar-refractivity contribution in [3.63, 3.8) is 0 Å². The maximum atomic E-state index is 13.3. The van der Waals surface area contributed by atoms with Crippen LogP contribution in [0.2, 0.25) is 5.82 Å². The van der Waals surface area contributed by atoms with E-state index in [0.717, 1.165) is 48.7 Å². The number of hydrogen-bond donors (Lipinski definition) is 0. The summed E-state index contributed by atoms with van der Waals surface area (Å²) in [5.74, 6) is 1.21. The summed E-state index contributed by atoms with van der Waals surface area (Å²) in [6, 6.07) is 4.24. The molecule has 8 heteroatoms. The zero-order chi connectivity index (χ0) is 25.9. The van der Waals surface area contributed by atoms with Gasteiger partial charge in [-0.3, -0.25) is 0 Å². The fourth-order valence-corrected chi connectivity index (χ4v) is 9.23. The van der Waals surface area contributed by atoms with Crippen molar-refractivity contribution < 1.29 is 28.3 Å². The molecule has 3 aliphatic heterocycles. The van der Waals surface area contributed by atoms with E-state index in [1.54, 1.807) is 25.6 Å². The Kier molecular flexibility index (Phi) is 5.46. The van der Waals surface area contributed by atoms with Crippen LogP contribution in [0.15, 0.2) is 17.0 Å². The van der Waals surface area contributed by atoms with Gasteiger partial charge in [0.2, 0.25) is 5.79 Å². The van der Waals surface area contributed by atoms with Crippen molar-refractivity contribution in [3.8, 4) is 5.75 Å². The Bertz CT molecular complexity index is 1130. The summed E-state index contributed by atoms with van der Waals surface area (Å²) in [5.41, 5.74) is 1.78. The third-order valence-electron chi connectivity index (χ3n) is 10.4. The van der Waals surface area contributed by atoms with Gasteiger partial charge in [0.25, 0.3) is 0 Å². The van der Waals surface area contributed by atoms with Gasteiger partial charge >= 0.3 is 13.1 Å². The summed E-state index contributed by atoms with van der Waals surface area (Å²) in [6.45, 7) is 13.7. The van der Waals surface area contributed by atoms with Crippen molar-refractivity contribution >= 4 is 24.8 Å². The van der Waals surface area contributed by atoms with E-state index < -0.39 is 5.79 Å². The molecule has 37 heavy (non-hydrogen) atoms. The summed E-state index contributed by atoms with van der Waals surface area (Å²) >= 11 is 1.69. The lowest BCUT2D eigenvalue weighted by Crippen LogP contribution is -2.65. The number of cyclic esters (lactones) is 1. The van der Waals surface area contributed by atoms with Crippen LogP contribution in [-0.4, -0.2) is 48.5 Å². The standard InChI is InChI=1S/C29H39BO6S/c1-15(20-8-7-11-32-20)37-21-10-9-17(25-24(21)26(31)34-28(4,5)33-25)18-14-19(18)30-35-23-13-16-12-22(27(16,2)3)29(23,6)36-30/h9-10,15-16,18-20,22-23H,7-8,11-14H2,1-6H3/t15-,16?,18+,19+,20-,22?,23+,29-/m0/s1. The van der Waals surface area contributed by atoms with Gasteiger partial charge in [-0.2, -0.15) is 0 Å². The van der Waals surface area contributed by atoms with Crippen LogP contribution in [0.1, 0.15) is 95.5 Å². The van der Waals surface area contributed by atoms with Crippen molar-refractivity contribution in [2.24, 2.45) is 17.3 Å². The SMILES string of the molecule is C[C@H](Sc1ccc([C@H]2C[C@H]2B2O[C@@H]3CC4CC(C4(C)C)[C@]3(C)O2)c2c1C(=O)OC(C)(C)O2)[C@@H]1CCCO1. The summed E-state index contributed by atoms with van der Waals surface area (Å²) in [6.07, 6.45) is 5.89. The molecule has 3 heterocycles. The highest BCUT2D eigenvalue weighted by Crippen LogP contribution is 2.68. The zero-order valence-electron chi connectivity index (χ0n) is 22.9. The lowest BCUT2D eigenvalue weighted by Gasteiger charge is -2.64. The molecule has 4 saturated carbocycles. The topological polar surface area (TPSA) is 63.2 Å². The Hall–Kier alpha value is -1.22. The Balaban J connectivity index is 1.15. The van der Waals surface area contributed by atoms with Gasteiger partial charge in [-0.05, 0) is 73.8 Å². The van der Waals surface area contributed by atoms with E-state index in [0.29, 0.717) is 22.6 Å². The van der Waals surface area contributed by atoms with E-state index >= 15 is 0 Å². The van der Waals surface area contributed by atoms with Gasteiger partial charge in [0, 0.05) is 36.4 Å². The lowest BCUT2D eigenvalue weighted by atomic mass is 9.43. The molecule has 0 radical (unpaired) electrons. The zero-order valence-corrected chi connectivity index (χ0v) is 23.7. The van der Waals surface area contributed by atoms with Crippen LogP contribution in [0.4, 0.5) is 0 Å². The van der Waals surface area contributed by atoms with Gasteiger partial charge in [-0.15, -0.1) is 11.8 Å². The molecule has 2 saturated heterocycles. The Morgan fingerprint density at radius 3 is 2.62 bits per heavy atom. The van der Waals surface area contributed by atoms with Gasteiger partial charge in [0.1, 0.15) is 11.3 Å². The van der Waals surface area contributed by atoms with Crippen LogP contribution in [0.25, 0.3) is 0 Å². The molecule has 200 valence electrons. The third kappa shape index (κ3) is 3.75. The first-order chi connectivity index (χ1) is 17.5. The number of rotatable bonds is 5. The molecule has 7 aliphatic rings. The first kappa shape index (κ1) is 24.8. The maximum Gasteiger partial charge on any atom is 0.461 e. The van der Waals surface area contributed by atoms with Crippen molar-refractivity contribution in [1.82, 2.24) is 0 Å². The minimum absolute atomic E-state index is 0.188. The van der Waals surface area contributed by atoms with E-state index in [-0.39, 0.29) is 47.9 Å². The number of fused-ring (bicyclic) bond motifs is 1. The fraction of sp³-hybridized carbons (Fsp3) is 0.759. The smallest absolute Gasteiger partial charge is 0.452 e. The summed E-state index contributed by atoms with van der Waals surface area (Å²) < 4.78 is 31.4. The number of hydrogen-bond acceptors (Lipinski definition) is 7. The van der Waals surface area contributed by atoms with E-state index in [1.165, 1.54) is 6.42 Å². The molecular formula is C29H39BO6S. The molecule has 4 aliphatic carbocycles. The van der Waals surface area contributed by atoms with Gasteiger partial charge in [-0.1, -0.05) is 26.8 Å². The predicted octanol–water partition coefficient (Wildman–Crippen LogP) is 6.22. The molecule has 2 unspecified atom stereocenters. The number of esters is 1. The molecule has 2 bridgehead atoms. The minimum atomic E-state index is -0.998. The minimum Gasteiger partial charge on any atom is -0.452 e. The second-order valence-electron chi connectivity index (χ2n) is 13.5. The van der Waals surface area contributed by atoms with Crippen molar-refractivity contribution in [1.29, 1.82) is 0 Å². The van der Waals surface area contributed by atoms with Gasteiger partial charge in [-0.25, -0.2) is 4.79 Å². The number of thioether (sulfide) groups is 1. The third-order valence-corrected chi connectivity index (χ3v) is 11.7. The molecule has 1 aromatic carbocycles. The molecule has 6 nitrogen and oxygen atoms in total. The first-order valence-corrected chi connectivity index (χ1v) is 15.1. The molecular weight excluding hydrogens is 487 g/mol. The molecule has 1 aromatic rings. The number of ether oxygens (including phenoxy) is 3. The van der Waals surface area contributed by atoms with Crippen LogP contribution < -0.4 is 4.74 Å². The number of benzene rings is 1. The predicted molar refractivity (Wildman–Crippen MR) is 142 cm³/mol. The van der Waals surface area contributed by atoms with Crippen LogP contribution in [0, 0.1) is 17.3 Å². The normalized spacial score (nSPS) is 41.2. The van der Waals surface area contributed by atoms with Crippen LogP contribution >= 0.6 is 11.8 Å². The van der Waals surface area contributed by atoms with Gasteiger partial charge in [0.15, 0.2) is 0 Å². The summed E-state index contributed by atoms with van der Waals surface area (Å²) in [4.78, 5) is 14.2. The molecule has 0 spiro atoms. The number of carbonyl (C=O) groups excluding carboxylic acids is 1. The second-order valence-corrected chi connectivity index (χ2v) is 14.9. The van der Waals surface area contributed by atoms with E-state index in [1.807, 2.05) is 0 Å². The highest BCUT2D eigenvalue weighted by Gasteiger charge is 2.70. The highest BCUT2D eigenvalue weighted by molar-refractivity contribution is 8.00. The number of carbonyl (C=O) groups is 1. The molecule has 6 fully saturated rings. The van der Waals surface area contributed by atoms with Crippen molar-refractivity contribution in [2.45, 2.75) is 119 Å². The molecule has 8 atom stereocenters. The van der Waals surface area contributed by atoms with Crippen molar-refractivity contribution in [3.05, 3.63) is 23.3 Å². The van der Waals surface area contributed by atoms with Gasteiger partial charge < -0.3 is 23.5 Å². The van der Waals surface area contributed by atoms with Gasteiger partial charge in [0.05, 0.1) is 17.8 Å². The van der Waals surface area contributed by atoms with Crippen molar-refractivity contribution in [2.75, 3.05) is 6.61 Å². The lowest BCUT2D eigenvalue weighted by molar-refractivity contribution is -0.199. The summed E-state index contributed by atoms with van der Waals surface area (Å²) in [5, 5.41) is 0.244. The molecule has 0 amide bonds. The maximum absolute atomic E-state index is 13.3.